The summed E-state index contributed by atoms with van der Waals surface area (Å²) in [4.78, 5) is 13.9. The highest BCUT2D eigenvalue weighted by Gasteiger charge is 2.16. The van der Waals surface area contributed by atoms with Gasteiger partial charge in [-0.3, -0.25) is 0 Å². The maximum absolute atomic E-state index is 12.2. The average molecular weight is 279 g/mol. The van der Waals surface area contributed by atoms with Crippen LogP contribution in [-0.2, 0) is 0 Å². The van der Waals surface area contributed by atoms with Crippen molar-refractivity contribution in [3.8, 4) is 0 Å². The highest BCUT2D eigenvalue weighted by Crippen LogP contribution is 2.16. The van der Waals surface area contributed by atoms with Crippen LogP contribution in [0, 0.1) is 0 Å². The van der Waals surface area contributed by atoms with Crippen LogP contribution >= 0.6 is 0 Å². The number of hydrogen-bond acceptors (Lipinski definition) is 3. The molecule has 1 unspecified atom stereocenters. The molecule has 1 aromatic carbocycles. The van der Waals surface area contributed by atoms with Crippen LogP contribution in [-0.4, -0.2) is 35.2 Å². The van der Waals surface area contributed by atoms with Crippen LogP contribution in [0.5, 0.6) is 0 Å². The van der Waals surface area contributed by atoms with Gasteiger partial charge in [0, 0.05) is 30.9 Å². The number of aliphatic hydroxyl groups is 1. The third-order valence-electron chi connectivity index (χ3n) is 3.11. The van der Waals surface area contributed by atoms with Gasteiger partial charge in [-0.2, -0.15) is 0 Å². The van der Waals surface area contributed by atoms with Crippen LogP contribution in [0.15, 0.2) is 24.3 Å². The van der Waals surface area contributed by atoms with E-state index >= 15 is 0 Å². The van der Waals surface area contributed by atoms with Gasteiger partial charge in [-0.05, 0) is 44.9 Å². The molecule has 1 aromatic rings. The van der Waals surface area contributed by atoms with Crippen LogP contribution in [0.25, 0.3) is 0 Å². The number of amides is 2. The zero-order valence-electron chi connectivity index (χ0n) is 12.5. The summed E-state index contributed by atoms with van der Waals surface area (Å²) in [5.74, 6) is 0. The van der Waals surface area contributed by atoms with E-state index in [0.29, 0.717) is 13.0 Å². The second kappa shape index (κ2) is 7.87. The quantitative estimate of drug-likeness (QED) is 0.748. The van der Waals surface area contributed by atoms with Crippen molar-refractivity contribution >= 4 is 11.7 Å². The Morgan fingerprint density at radius 3 is 2.65 bits per heavy atom. The molecule has 5 heteroatoms. The first-order valence-electron chi connectivity index (χ1n) is 6.99. The van der Waals surface area contributed by atoms with E-state index in [1.54, 1.807) is 4.90 Å². The summed E-state index contributed by atoms with van der Waals surface area (Å²) in [5, 5.41) is 11.8. The molecule has 2 amide bonds. The van der Waals surface area contributed by atoms with Crippen molar-refractivity contribution in [1.29, 1.82) is 0 Å². The van der Waals surface area contributed by atoms with Crippen molar-refractivity contribution in [2.24, 2.45) is 5.73 Å². The molecule has 0 radical (unpaired) electrons. The molecule has 0 aliphatic carbocycles. The first-order chi connectivity index (χ1) is 9.45. The highest BCUT2D eigenvalue weighted by molar-refractivity contribution is 5.89. The molecule has 0 saturated heterocycles. The van der Waals surface area contributed by atoms with Crippen molar-refractivity contribution in [3.05, 3.63) is 29.8 Å². The van der Waals surface area contributed by atoms with Gasteiger partial charge >= 0.3 is 6.03 Å². The maximum atomic E-state index is 12.2. The predicted octanol–water partition coefficient (Wildman–Crippen LogP) is 2.33. The number of nitrogens with one attached hydrogen (secondary N) is 1. The van der Waals surface area contributed by atoms with Gasteiger partial charge < -0.3 is 21.1 Å². The molecule has 0 saturated carbocycles. The molecule has 0 heterocycles. The Bertz CT molecular complexity index is 433. The minimum atomic E-state index is -0.157. The number of aliphatic hydroxyl groups excluding tert-OH is 1. The Morgan fingerprint density at radius 2 is 2.10 bits per heavy atom. The predicted molar refractivity (Wildman–Crippen MR) is 81.6 cm³/mol. The van der Waals surface area contributed by atoms with E-state index in [1.165, 1.54) is 0 Å². The Balaban J connectivity index is 2.74. The van der Waals surface area contributed by atoms with E-state index in [4.69, 9.17) is 10.8 Å². The summed E-state index contributed by atoms with van der Waals surface area (Å²) in [7, 11) is 0. The number of rotatable bonds is 6. The minimum absolute atomic E-state index is 0.0672. The zero-order chi connectivity index (χ0) is 15.1. The maximum Gasteiger partial charge on any atom is 0.322 e. The van der Waals surface area contributed by atoms with Crippen LogP contribution in [0.1, 0.15) is 38.8 Å². The third-order valence-corrected chi connectivity index (χ3v) is 3.11. The van der Waals surface area contributed by atoms with E-state index in [2.05, 4.69) is 5.32 Å². The van der Waals surface area contributed by atoms with Crippen molar-refractivity contribution < 1.29 is 9.90 Å². The van der Waals surface area contributed by atoms with E-state index in [-0.39, 0.29) is 24.7 Å². The summed E-state index contributed by atoms with van der Waals surface area (Å²) in [6.45, 7) is 6.43. The Hall–Kier alpha value is -1.59. The summed E-state index contributed by atoms with van der Waals surface area (Å²) in [5.41, 5.74) is 7.55. The first-order valence-corrected chi connectivity index (χ1v) is 6.99. The number of carbonyl (C=O) groups excluding carboxylic acids is 1. The number of anilines is 1. The molecule has 0 bridgehead atoms. The number of nitrogens with two attached hydrogens (primary N) is 1. The summed E-state index contributed by atoms with van der Waals surface area (Å²) < 4.78 is 0. The summed E-state index contributed by atoms with van der Waals surface area (Å²) in [6, 6.07) is 7.39. The molecule has 1 atom stereocenters. The fourth-order valence-corrected chi connectivity index (χ4v) is 1.93. The monoisotopic (exact) mass is 279 g/mol. The van der Waals surface area contributed by atoms with Gasteiger partial charge in [-0.25, -0.2) is 4.79 Å². The van der Waals surface area contributed by atoms with E-state index < -0.39 is 0 Å². The van der Waals surface area contributed by atoms with Crippen molar-refractivity contribution in [3.63, 3.8) is 0 Å². The number of benzene rings is 1. The van der Waals surface area contributed by atoms with Gasteiger partial charge in [0.05, 0.1) is 0 Å². The molecular formula is C15H25N3O2. The Kier molecular flexibility index (Phi) is 6.48. The largest absolute Gasteiger partial charge is 0.396 e. The molecule has 0 fully saturated rings. The zero-order valence-corrected chi connectivity index (χ0v) is 12.5. The molecule has 112 valence electrons. The van der Waals surface area contributed by atoms with Crippen LogP contribution in [0.3, 0.4) is 0 Å². The van der Waals surface area contributed by atoms with E-state index in [0.717, 1.165) is 11.3 Å². The second-order valence-corrected chi connectivity index (χ2v) is 5.21. The Morgan fingerprint density at radius 1 is 1.40 bits per heavy atom. The highest BCUT2D eigenvalue weighted by atomic mass is 16.3. The normalized spacial score (nSPS) is 12.3. The van der Waals surface area contributed by atoms with Gasteiger partial charge in [-0.15, -0.1) is 0 Å². The summed E-state index contributed by atoms with van der Waals surface area (Å²) in [6.07, 6.45) is 0.575. The third kappa shape index (κ3) is 4.83. The van der Waals surface area contributed by atoms with Gasteiger partial charge in [-0.1, -0.05) is 12.1 Å². The molecule has 20 heavy (non-hydrogen) atoms. The number of hydrogen-bond donors (Lipinski definition) is 3. The smallest absolute Gasteiger partial charge is 0.322 e. The lowest BCUT2D eigenvalue weighted by Gasteiger charge is -2.26. The molecule has 0 spiro atoms. The van der Waals surface area contributed by atoms with Gasteiger partial charge in [0.25, 0.3) is 0 Å². The molecular weight excluding hydrogens is 254 g/mol. The molecule has 4 N–H and O–H groups in total. The van der Waals surface area contributed by atoms with Crippen LogP contribution in [0.4, 0.5) is 10.5 Å². The van der Waals surface area contributed by atoms with E-state index in [1.807, 2.05) is 45.0 Å². The topological polar surface area (TPSA) is 78.6 Å². The SMILES string of the molecule is CC(N)c1cccc(NC(=O)N(CCCO)C(C)C)c1. The fourth-order valence-electron chi connectivity index (χ4n) is 1.93. The number of carbonyl (C=O) groups is 1. The van der Waals surface area contributed by atoms with Crippen LogP contribution in [0.2, 0.25) is 0 Å². The standard InChI is InChI=1S/C15H25N3O2/c1-11(2)18(8-5-9-19)15(20)17-14-7-4-6-13(10-14)12(3)16/h4,6-7,10-12,19H,5,8-9,16H2,1-3H3,(H,17,20). The molecule has 1 rings (SSSR count). The summed E-state index contributed by atoms with van der Waals surface area (Å²) >= 11 is 0. The lowest BCUT2D eigenvalue weighted by atomic mass is 10.1. The first kappa shape index (κ1) is 16.5. The van der Waals surface area contributed by atoms with Gasteiger partial charge in [0.15, 0.2) is 0 Å². The molecule has 5 nitrogen and oxygen atoms in total. The van der Waals surface area contributed by atoms with E-state index in [9.17, 15) is 4.79 Å². The molecule has 0 aliphatic rings. The lowest BCUT2D eigenvalue weighted by Crippen LogP contribution is -2.41. The fraction of sp³-hybridized carbons (Fsp3) is 0.533. The molecule has 0 aliphatic heterocycles. The number of nitrogens with zero attached hydrogens (tertiary/aromatic N) is 1. The van der Waals surface area contributed by atoms with Gasteiger partial charge in [0.2, 0.25) is 0 Å². The van der Waals surface area contributed by atoms with Crippen LogP contribution < -0.4 is 11.1 Å². The Labute approximate surface area is 120 Å². The molecule has 0 aromatic heterocycles. The average Bonchev–Trinajstić information content (AvgIpc) is 2.39. The number of urea groups is 1. The van der Waals surface area contributed by atoms with Crippen molar-refractivity contribution in [2.75, 3.05) is 18.5 Å². The lowest BCUT2D eigenvalue weighted by molar-refractivity contribution is 0.186. The van der Waals surface area contributed by atoms with Crippen molar-refractivity contribution in [1.82, 2.24) is 4.90 Å². The van der Waals surface area contributed by atoms with Crippen molar-refractivity contribution in [2.45, 2.75) is 39.3 Å². The second-order valence-electron chi connectivity index (χ2n) is 5.21. The van der Waals surface area contributed by atoms with Gasteiger partial charge in [0.1, 0.15) is 0 Å². The minimum Gasteiger partial charge on any atom is -0.396 e.